The van der Waals surface area contributed by atoms with Crippen LogP contribution in [-0.4, -0.2) is 0 Å². The second-order valence-corrected chi connectivity index (χ2v) is 12.2. The van der Waals surface area contributed by atoms with E-state index in [2.05, 4.69) is 177 Å². The van der Waals surface area contributed by atoms with E-state index in [9.17, 15) is 0 Å². The van der Waals surface area contributed by atoms with Crippen LogP contribution < -0.4 is 4.90 Å². The quantitative estimate of drug-likeness (QED) is 0.198. The molecule has 0 spiro atoms. The van der Waals surface area contributed by atoms with Gasteiger partial charge in [-0.1, -0.05) is 142 Å². The fraction of sp³-hybridized carbons (Fsp3) is 0.100. The van der Waals surface area contributed by atoms with Gasteiger partial charge in [0.1, 0.15) is 0 Å². The Morgan fingerprint density at radius 3 is 1.50 bits per heavy atom. The molecule has 0 saturated carbocycles. The van der Waals surface area contributed by atoms with Gasteiger partial charge < -0.3 is 4.90 Å². The van der Waals surface area contributed by atoms with E-state index in [1.54, 1.807) is 0 Å². The maximum Gasteiger partial charge on any atom is 0.0618 e. The van der Waals surface area contributed by atoms with Crippen LogP contribution in [0.1, 0.15) is 26.3 Å². The summed E-state index contributed by atoms with van der Waals surface area (Å²) in [5.74, 6) is 0. The monoisotopic (exact) mass is 561 g/mol. The van der Waals surface area contributed by atoms with E-state index >= 15 is 0 Å². The van der Waals surface area contributed by atoms with Gasteiger partial charge in [0.05, 0.1) is 5.69 Å². The summed E-state index contributed by atoms with van der Waals surface area (Å²) in [4.78, 5) is 3.37. The molecular formula is C40H35NS. The standard InChI is InChI=1S/C40H35NS/c1-40(2,3)33-26-35(28-36(42)27-33)41(34-22-13-21-32(25-34)29-15-7-4-8-16-29)39-37(30-17-9-5-10-18-30)23-14-24-38(39)31-19-11-6-12-20-31/h4-28,42H,1-3H3. The Morgan fingerprint density at radius 1 is 0.452 bits per heavy atom. The van der Waals surface area contributed by atoms with Gasteiger partial charge in [0, 0.05) is 27.4 Å². The minimum atomic E-state index is -0.0355. The molecule has 0 bridgehead atoms. The van der Waals surface area contributed by atoms with Crippen molar-refractivity contribution in [1.82, 2.24) is 0 Å². The molecule has 0 aliphatic carbocycles. The summed E-state index contributed by atoms with van der Waals surface area (Å²) in [6.45, 7) is 6.77. The van der Waals surface area contributed by atoms with Gasteiger partial charge in [-0.05, 0) is 63.6 Å². The Balaban J connectivity index is 1.70. The molecular weight excluding hydrogens is 527 g/mol. The number of hydrogen-bond donors (Lipinski definition) is 1. The van der Waals surface area contributed by atoms with Crippen molar-refractivity contribution >= 4 is 29.7 Å². The second kappa shape index (κ2) is 11.8. The average molecular weight is 562 g/mol. The van der Waals surface area contributed by atoms with E-state index in [-0.39, 0.29) is 5.41 Å². The second-order valence-electron chi connectivity index (χ2n) is 11.7. The van der Waals surface area contributed by atoms with E-state index in [0.29, 0.717) is 0 Å². The van der Waals surface area contributed by atoms with E-state index < -0.39 is 0 Å². The summed E-state index contributed by atoms with van der Waals surface area (Å²) in [5.41, 5.74) is 11.6. The van der Waals surface area contributed by atoms with Crippen LogP contribution in [0.15, 0.2) is 157 Å². The lowest BCUT2D eigenvalue weighted by Crippen LogP contribution is -2.16. The summed E-state index contributed by atoms with van der Waals surface area (Å²) >= 11 is 4.92. The molecule has 0 amide bonds. The van der Waals surface area contributed by atoms with Gasteiger partial charge in [0.2, 0.25) is 0 Å². The molecule has 0 heterocycles. The molecule has 0 aliphatic heterocycles. The van der Waals surface area contributed by atoms with Crippen LogP contribution in [0.5, 0.6) is 0 Å². The highest BCUT2D eigenvalue weighted by Crippen LogP contribution is 2.48. The van der Waals surface area contributed by atoms with Crippen molar-refractivity contribution in [3.63, 3.8) is 0 Å². The normalized spacial score (nSPS) is 11.3. The predicted octanol–water partition coefficient (Wildman–Crippen LogP) is 11.7. The van der Waals surface area contributed by atoms with Gasteiger partial charge in [-0.25, -0.2) is 0 Å². The van der Waals surface area contributed by atoms with Gasteiger partial charge >= 0.3 is 0 Å². The number of anilines is 3. The SMILES string of the molecule is CC(C)(C)c1cc(S)cc(N(c2cccc(-c3ccccc3)c2)c2c(-c3ccccc3)cccc2-c2ccccc2)c1. The Bertz CT molecular complexity index is 1740. The van der Waals surface area contributed by atoms with Crippen molar-refractivity contribution in [1.29, 1.82) is 0 Å². The molecule has 2 heteroatoms. The van der Waals surface area contributed by atoms with Crippen LogP contribution in [0.2, 0.25) is 0 Å². The summed E-state index contributed by atoms with van der Waals surface area (Å²) in [7, 11) is 0. The van der Waals surface area contributed by atoms with Crippen LogP contribution in [0, 0.1) is 0 Å². The molecule has 0 unspecified atom stereocenters. The average Bonchev–Trinajstić information content (AvgIpc) is 3.02. The van der Waals surface area contributed by atoms with E-state index in [4.69, 9.17) is 12.6 Å². The first kappa shape index (κ1) is 27.6. The minimum Gasteiger partial charge on any atom is -0.309 e. The molecule has 0 aliphatic rings. The largest absolute Gasteiger partial charge is 0.309 e. The van der Waals surface area contributed by atoms with Gasteiger partial charge in [-0.2, -0.15) is 0 Å². The Morgan fingerprint density at radius 2 is 0.952 bits per heavy atom. The summed E-state index contributed by atoms with van der Waals surface area (Å²) in [6.07, 6.45) is 0. The van der Waals surface area contributed by atoms with Gasteiger partial charge in [0.25, 0.3) is 0 Å². The highest BCUT2D eigenvalue weighted by atomic mass is 32.1. The maximum absolute atomic E-state index is 4.92. The minimum absolute atomic E-state index is 0.0355. The predicted molar refractivity (Wildman–Crippen MR) is 183 cm³/mol. The number of benzene rings is 6. The van der Waals surface area contributed by atoms with Crippen molar-refractivity contribution in [2.24, 2.45) is 0 Å². The van der Waals surface area contributed by atoms with Crippen molar-refractivity contribution < 1.29 is 0 Å². The van der Waals surface area contributed by atoms with E-state index in [1.165, 1.54) is 38.9 Å². The van der Waals surface area contributed by atoms with Crippen molar-refractivity contribution in [3.8, 4) is 33.4 Å². The number of rotatable bonds is 6. The van der Waals surface area contributed by atoms with Gasteiger partial charge in [0.15, 0.2) is 0 Å². The molecule has 0 radical (unpaired) electrons. The third-order valence-electron chi connectivity index (χ3n) is 7.67. The molecule has 0 fully saturated rings. The van der Waals surface area contributed by atoms with Crippen LogP contribution in [-0.2, 0) is 5.41 Å². The molecule has 6 aromatic carbocycles. The molecule has 0 N–H and O–H groups in total. The number of hydrogen-bond acceptors (Lipinski definition) is 2. The Labute approximate surface area is 255 Å². The first-order valence-corrected chi connectivity index (χ1v) is 14.9. The molecule has 1 nitrogen and oxygen atoms in total. The van der Waals surface area contributed by atoms with Crippen LogP contribution in [0.25, 0.3) is 33.4 Å². The number of thiol groups is 1. The Hall–Kier alpha value is -4.53. The number of nitrogens with zero attached hydrogens (tertiary/aromatic N) is 1. The molecule has 6 aromatic rings. The fourth-order valence-electron chi connectivity index (χ4n) is 5.51. The van der Waals surface area contributed by atoms with Crippen LogP contribution in [0.3, 0.4) is 0 Å². The molecule has 0 aromatic heterocycles. The third-order valence-corrected chi connectivity index (χ3v) is 7.93. The zero-order valence-electron chi connectivity index (χ0n) is 24.3. The van der Waals surface area contributed by atoms with E-state index in [0.717, 1.165) is 22.0 Å². The summed E-state index contributed by atoms with van der Waals surface area (Å²) in [5, 5.41) is 0. The molecule has 206 valence electrons. The van der Waals surface area contributed by atoms with Crippen molar-refractivity contribution in [2.75, 3.05) is 4.90 Å². The van der Waals surface area contributed by atoms with Crippen molar-refractivity contribution in [3.05, 3.63) is 157 Å². The number of para-hydroxylation sites is 1. The van der Waals surface area contributed by atoms with E-state index in [1.807, 2.05) is 0 Å². The first-order chi connectivity index (χ1) is 20.4. The van der Waals surface area contributed by atoms with Crippen molar-refractivity contribution in [2.45, 2.75) is 31.1 Å². The molecule has 42 heavy (non-hydrogen) atoms. The maximum atomic E-state index is 4.92. The molecule has 0 atom stereocenters. The summed E-state index contributed by atoms with van der Waals surface area (Å²) < 4.78 is 0. The lowest BCUT2D eigenvalue weighted by molar-refractivity contribution is 0.589. The highest BCUT2D eigenvalue weighted by Gasteiger charge is 2.24. The zero-order valence-corrected chi connectivity index (χ0v) is 25.2. The first-order valence-electron chi connectivity index (χ1n) is 14.4. The fourth-order valence-corrected chi connectivity index (χ4v) is 5.78. The van der Waals surface area contributed by atoms with Crippen LogP contribution in [0.4, 0.5) is 17.1 Å². The lowest BCUT2D eigenvalue weighted by atomic mass is 9.86. The topological polar surface area (TPSA) is 3.24 Å². The van der Waals surface area contributed by atoms with Gasteiger partial charge in [-0.3, -0.25) is 0 Å². The molecule has 6 rings (SSSR count). The van der Waals surface area contributed by atoms with Crippen LogP contribution >= 0.6 is 12.6 Å². The zero-order chi connectivity index (χ0) is 29.1. The van der Waals surface area contributed by atoms with Gasteiger partial charge in [-0.15, -0.1) is 12.6 Å². The smallest absolute Gasteiger partial charge is 0.0618 e. The highest BCUT2D eigenvalue weighted by molar-refractivity contribution is 7.80. The summed E-state index contributed by atoms with van der Waals surface area (Å²) in [6, 6.07) is 54.2. The third kappa shape index (κ3) is 5.77. The molecule has 0 saturated heterocycles. The lowest BCUT2D eigenvalue weighted by Gasteiger charge is -2.32. The Kier molecular flexibility index (Phi) is 7.73.